The van der Waals surface area contributed by atoms with Crippen LogP contribution in [-0.2, 0) is 0 Å². The fourth-order valence-electron chi connectivity index (χ4n) is 1.12. The third kappa shape index (κ3) is 2.00. The zero-order valence-corrected chi connectivity index (χ0v) is 7.97. The van der Waals surface area contributed by atoms with E-state index in [1.54, 1.807) is 6.92 Å². The number of hydrazine groups is 1. The maximum atomic E-state index is 13.2. The minimum atomic E-state index is -0.732. The molecule has 1 atom stereocenters. The van der Waals surface area contributed by atoms with Crippen LogP contribution >= 0.6 is 0 Å². The van der Waals surface area contributed by atoms with Crippen LogP contribution in [0.25, 0.3) is 0 Å². The molecule has 0 heterocycles. The van der Waals surface area contributed by atoms with Gasteiger partial charge < -0.3 is 4.74 Å². The quantitative estimate of drug-likeness (QED) is 0.576. The summed E-state index contributed by atoms with van der Waals surface area (Å²) in [4.78, 5) is 0. The topological polar surface area (TPSA) is 47.3 Å². The van der Waals surface area contributed by atoms with E-state index in [1.165, 1.54) is 19.2 Å². The SMILES string of the molecule is COc1c(F)cc([C@@H](C)NN)cc1F. The van der Waals surface area contributed by atoms with Gasteiger partial charge in [-0.05, 0) is 24.6 Å². The lowest BCUT2D eigenvalue weighted by Gasteiger charge is -2.12. The number of halogens is 2. The Bertz CT molecular complexity index is 308. The average molecular weight is 202 g/mol. The Hall–Kier alpha value is -1.20. The molecule has 0 aliphatic carbocycles. The van der Waals surface area contributed by atoms with Crippen molar-refractivity contribution < 1.29 is 13.5 Å². The van der Waals surface area contributed by atoms with Gasteiger partial charge in [0.1, 0.15) is 0 Å². The van der Waals surface area contributed by atoms with Crippen molar-refractivity contribution in [2.75, 3.05) is 7.11 Å². The Morgan fingerprint density at radius 3 is 2.21 bits per heavy atom. The molecule has 0 radical (unpaired) electrons. The fourth-order valence-corrected chi connectivity index (χ4v) is 1.12. The smallest absolute Gasteiger partial charge is 0.190 e. The van der Waals surface area contributed by atoms with E-state index in [0.29, 0.717) is 5.56 Å². The minimum Gasteiger partial charge on any atom is -0.491 e. The molecule has 5 heteroatoms. The second-order valence-electron chi connectivity index (χ2n) is 2.91. The van der Waals surface area contributed by atoms with Gasteiger partial charge in [0.25, 0.3) is 0 Å². The van der Waals surface area contributed by atoms with E-state index in [4.69, 9.17) is 5.84 Å². The summed E-state index contributed by atoms with van der Waals surface area (Å²) in [6.07, 6.45) is 0. The normalized spacial score (nSPS) is 12.6. The molecule has 0 aromatic heterocycles. The molecule has 0 aliphatic heterocycles. The molecule has 1 rings (SSSR count). The third-order valence-electron chi connectivity index (χ3n) is 1.97. The van der Waals surface area contributed by atoms with Gasteiger partial charge in [0, 0.05) is 6.04 Å². The highest BCUT2D eigenvalue weighted by Gasteiger charge is 2.13. The van der Waals surface area contributed by atoms with E-state index in [9.17, 15) is 8.78 Å². The van der Waals surface area contributed by atoms with Crippen LogP contribution in [0.1, 0.15) is 18.5 Å². The van der Waals surface area contributed by atoms with Crippen molar-refractivity contribution in [2.24, 2.45) is 5.84 Å². The largest absolute Gasteiger partial charge is 0.491 e. The van der Waals surface area contributed by atoms with Crippen molar-refractivity contribution in [3.05, 3.63) is 29.3 Å². The Morgan fingerprint density at radius 2 is 1.86 bits per heavy atom. The highest BCUT2D eigenvalue weighted by molar-refractivity contribution is 5.32. The second-order valence-corrected chi connectivity index (χ2v) is 2.91. The van der Waals surface area contributed by atoms with Crippen LogP contribution in [0.4, 0.5) is 8.78 Å². The van der Waals surface area contributed by atoms with Crippen molar-refractivity contribution in [3.63, 3.8) is 0 Å². The molecule has 0 unspecified atom stereocenters. The number of nitrogens with one attached hydrogen (secondary N) is 1. The number of ether oxygens (including phenoxy) is 1. The number of rotatable bonds is 3. The molecule has 0 aliphatic rings. The Kier molecular flexibility index (Phi) is 3.38. The Morgan fingerprint density at radius 1 is 1.36 bits per heavy atom. The lowest BCUT2D eigenvalue weighted by atomic mass is 10.1. The van der Waals surface area contributed by atoms with Crippen molar-refractivity contribution >= 4 is 0 Å². The van der Waals surface area contributed by atoms with Crippen LogP contribution in [0.2, 0.25) is 0 Å². The maximum absolute atomic E-state index is 13.2. The van der Waals surface area contributed by atoms with Crippen LogP contribution < -0.4 is 16.0 Å². The molecule has 1 aromatic carbocycles. The molecule has 3 nitrogen and oxygen atoms in total. The van der Waals surface area contributed by atoms with Crippen molar-refractivity contribution in [1.82, 2.24) is 5.43 Å². The summed E-state index contributed by atoms with van der Waals surface area (Å²) in [6.45, 7) is 1.70. The van der Waals surface area contributed by atoms with Gasteiger partial charge in [-0.3, -0.25) is 11.3 Å². The fraction of sp³-hybridized carbons (Fsp3) is 0.333. The molecule has 14 heavy (non-hydrogen) atoms. The maximum Gasteiger partial charge on any atom is 0.190 e. The molecular weight excluding hydrogens is 190 g/mol. The van der Waals surface area contributed by atoms with Crippen LogP contribution in [-0.4, -0.2) is 7.11 Å². The Labute approximate surface area is 80.8 Å². The predicted molar refractivity (Wildman–Crippen MR) is 48.6 cm³/mol. The lowest BCUT2D eigenvalue weighted by Crippen LogP contribution is -2.25. The first-order chi connectivity index (χ1) is 6.60. The van der Waals surface area contributed by atoms with Crippen molar-refractivity contribution in [2.45, 2.75) is 13.0 Å². The van der Waals surface area contributed by atoms with Crippen LogP contribution in [0.15, 0.2) is 12.1 Å². The lowest BCUT2D eigenvalue weighted by molar-refractivity contribution is 0.358. The van der Waals surface area contributed by atoms with Crippen LogP contribution in [0.5, 0.6) is 5.75 Å². The first-order valence-electron chi connectivity index (χ1n) is 4.09. The number of methoxy groups -OCH3 is 1. The first-order valence-corrected chi connectivity index (χ1v) is 4.09. The van der Waals surface area contributed by atoms with E-state index in [-0.39, 0.29) is 11.8 Å². The molecule has 3 N–H and O–H groups in total. The molecule has 1 aromatic rings. The van der Waals surface area contributed by atoms with E-state index in [1.807, 2.05) is 0 Å². The highest BCUT2D eigenvalue weighted by atomic mass is 19.1. The van der Waals surface area contributed by atoms with Crippen LogP contribution in [0.3, 0.4) is 0 Å². The second kappa shape index (κ2) is 4.34. The first kappa shape index (κ1) is 10.9. The van der Waals surface area contributed by atoms with Gasteiger partial charge >= 0.3 is 0 Å². The zero-order chi connectivity index (χ0) is 10.7. The molecule has 0 amide bonds. The van der Waals surface area contributed by atoms with Crippen molar-refractivity contribution in [3.8, 4) is 5.75 Å². The molecule has 0 fully saturated rings. The third-order valence-corrected chi connectivity index (χ3v) is 1.97. The van der Waals surface area contributed by atoms with Gasteiger partial charge in [-0.25, -0.2) is 8.78 Å². The molecule has 0 saturated carbocycles. The highest BCUT2D eigenvalue weighted by Crippen LogP contribution is 2.25. The standard InChI is InChI=1S/C9H12F2N2O/c1-5(13-12)6-3-7(10)9(14-2)8(11)4-6/h3-5,13H,12H2,1-2H3/t5-/m1/s1. The number of nitrogens with two attached hydrogens (primary N) is 1. The summed E-state index contributed by atoms with van der Waals surface area (Å²) in [5.74, 6) is 3.31. The van der Waals surface area contributed by atoms with Gasteiger partial charge in [-0.15, -0.1) is 0 Å². The minimum absolute atomic E-state index is 0.315. The van der Waals surface area contributed by atoms with E-state index < -0.39 is 11.6 Å². The van der Waals surface area contributed by atoms with Gasteiger partial charge in [-0.1, -0.05) is 0 Å². The molecular formula is C9H12F2N2O. The van der Waals surface area contributed by atoms with Gasteiger partial charge in [0.2, 0.25) is 0 Å². The average Bonchev–Trinajstić information content (AvgIpc) is 2.16. The molecule has 0 bridgehead atoms. The van der Waals surface area contributed by atoms with Gasteiger partial charge in [-0.2, -0.15) is 0 Å². The summed E-state index contributed by atoms with van der Waals surface area (Å²) in [5.41, 5.74) is 2.83. The molecule has 0 saturated heterocycles. The Balaban J connectivity index is 3.13. The van der Waals surface area contributed by atoms with Gasteiger partial charge in [0.15, 0.2) is 17.4 Å². The summed E-state index contributed by atoms with van der Waals surface area (Å²) in [5, 5.41) is 0. The van der Waals surface area contributed by atoms with E-state index in [0.717, 1.165) is 0 Å². The number of benzene rings is 1. The van der Waals surface area contributed by atoms with Gasteiger partial charge in [0.05, 0.1) is 7.11 Å². The number of hydrogen-bond donors (Lipinski definition) is 2. The monoisotopic (exact) mass is 202 g/mol. The van der Waals surface area contributed by atoms with Crippen LogP contribution in [0, 0.1) is 11.6 Å². The van der Waals surface area contributed by atoms with Crippen molar-refractivity contribution in [1.29, 1.82) is 0 Å². The number of hydrogen-bond acceptors (Lipinski definition) is 3. The van der Waals surface area contributed by atoms with E-state index in [2.05, 4.69) is 10.2 Å². The predicted octanol–water partition coefficient (Wildman–Crippen LogP) is 1.50. The zero-order valence-electron chi connectivity index (χ0n) is 7.97. The molecule has 78 valence electrons. The van der Waals surface area contributed by atoms with E-state index >= 15 is 0 Å². The summed E-state index contributed by atoms with van der Waals surface area (Å²) < 4.78 is 30.9. The molecule has 0 spiro atoms. The summed E-state index contributed by atoms with van der Waals surface area (Å²) in [6, 6.07) is 2.06. The summed E-state index contributed by atoms with van der Waals surface area (Å²) >= 11 is 0. The summed E-state index contributed by atoms with van der Waals surface area (Å²) in [7, 11) is 1.21.